The zero-order valence-electron chi connectivity index (χ0n) is 12.2. The SMILES string of the molecule is C=CCOC(=O)C1C2CC(C3CC=CC32)C1C(=O)CC=C. The van der Waals surface area contributed by atoms with Crippen molar-refractivity contribution in [3.8, 4) is 0 Å². The molecule has 3 aliphatic rings. The number of ketones is 1. The Balaban J connectivity index is 1.85. The Labute approximate surface area is 125 Å². The van der Waals surface area contributed by atoms with Crippen LogP contribution in [0.25, 0.3) is 0 Å². The molecule has 3 heteroatoms. The number of Topliss-reactive ketones (excluding diaryl/α,β-unsaturated/α-hetero) is 1. The minimum absolute atomic E-state index is 0.156. The molecule has 0 aromatic heterocycles. The maximum Gasteiger partial charge on any atom is 0.310 e. The van der Waals surface area contributed by atoms with E-state index in [4.69, 9.17) is 4.74 Å². The summed E-state index contributed by atoms with van der Waals surface area (Å²) >= 11 is 0. The highest BCUT2D eigenvalue weighted by Crippen LogP contribution is 2.62. The van der Waals surface area contributed by atoms with Crippen LogP contribution in [0.15, 0.2) is 37.5 Å². The minimum atomic E-state index is -0.272. The first kappa shape index (κ1) is 14.3. The molecule has 6 atom stereocenters. The molecule has 0 spiro atoms. The van der Waals surface area contributed by atoms with E-state index in [2.05, 4.69) is 25.3 Å². The van der Waals surface area contributed by atoms with Crippen LogP contribution in [-0.4, -0.2) is 18.4 Å². The molecule has 3 rings (SSSR count). The van der Waals surface area contributed by atoms with Crippen LogP contribution >= 0.6 is 0 Å². The van der Waals surface area contributed by atoms with Crippen LogP contribution in [0.4, 0.5) is 0 Å². The molecule has 0 N–H and O–H groups in total. The molecule has 6 unspecified atom stereocenters. The Morgan fingerprint density at radius 2 is 1.95 bits per heavy atom. The first-order chi connectivity index (χ1) is 10.2. The van der Waals surface area contributed by atoms with Crippen molar-refractivity contribution in [2.75, 3.05) is 6.61 Å². The molecule has 0 aromatic carbocycles. The van der Waals surface area contributed by atoms with Gasteiger partial charge in [0.15, 0.2) is 0 Å². The number of hydrogen-bond donors (Lipinski definition) is 0. The first-order valence-electron chi connectivity index (χ1n) is 7.76. The average Bonchev–Trinajstić information content (AvgIpc) is 3.14. The van der Waals surface area contributed by atoms with E-state index in [0.29, 0.717) is 24.2 Å². The van der Waals surface area contributed by atoms with Gasteiger partial charge >= 0.3 is 5.97 Å². The maximum atomic E-state index is 12.5. The van der Waals surface area contributed by atoms with E-state index in [1.165, 1.54) is 0 Å². The predicted molar refractivity (Wildman–Crippen MR) is 80.3 cm³/mol. The van der Waals surface area contributed by atoms with E-state index in [1.54, 1.807) is 12.2 Å². The van der Waals surface area contributed by atoms with Crippen molar-refractivity contribution in [3.63, 3.8) is 0 Å². The predicted octanol–water partition coefficient (Wildman–Crippen LogP) is 2.94. The van der Waals surface area contributed by atoms with Crippen molar-refractivity contribution in [1.29, 1.82) is 0 Å². The van der Waals surface area contributed by atoms with E-state index in [0.717, 1.165) is 12.8 Å². The molecule has 0 aliphatic heterocycles. The molecule has 3 nitrogen and oxygen atoms in total. The van der Waals surface area contributed by atoms with Crippen LogP contribution in [-0.2, 0) is 14.3 Å². The largest absolute Gasteiger partial charge is 0.461 e. The molecule has 0 heterocycles. The number of allylic oxidation sites excluding steroid dienone is 3. The van der Waals surface area contributed by atoms with Crippen molar-refractivity contribution in [3.05, 3.63) is 37.5 Å². The topological polar surface area (TPSA) is 43.4 Å². The van der Waals surface area contributed by atoms with Crippen LogP contribution in [0.1, 0.15) is 19.3 Å². The fourth-order valence-electron chi connectivity index (χ4n) is 4.87. The lowest BCUT2D eigenvalue weighted by Crippen LogP contribution is -2.41. The number of carbonyl (C=O) groups excluding carboxylic acids is 2. The summed E-state index contributed by atoms with van der Waals surface area (Å²) < 4.78 is 5.28. The number of carbonyl (C=O) groups is 2. The van der Waals surface area contributed by atoms with Gasteiger partial charge in [-0.05, 0) is 36.5 Å². The number of rotatable bonds is 6. The van der Waals surface area contributed by atoms with Crippen molar-refractivity contribution in [2.45, 2.75) is 19.3 Å². The third-order valence-electron chi connectivity index (χ3n) is 5.49. The van der Waals surface area contributed by atoms with Gasteiger partial charge in [0.05, 0.1) is 5.92 Å². The number of fused-ring (bicyclic) bond motifs is 5. The molecule has 2 fully saturated rings. The van der Waals surface area contributed by atoms with Gasteiger partial charge in [-0.25, -0.2) is 0 Å². The van der Waals surface area contributed by atoms with Gasteiger partial charge in [-0.2, -0.15) is 0 Å². The summed E-state index contributed by atoms with van der Waals surface area (Å²) in [6.07, 6.45) is 10.1. The Morgan fingerprint density at radius 1 is 1.14 bits per heavy atom. The van der Waals surface area contributed by atoms with Gasteiger partial charge in [-0.3, -0.25) is 9.59 Å². The summed E-state index contributed by atoms with van der Waals surface area (Å²) in [5, 5.41) is 0. The normalized spacial score (nSPS) is 39.0. The summed E-state index contributed by atoms with van der Waals surface area (Å²) in [6, 6.07) is 0. The van der Waals surface area contributed by atoms with Gasteiger partial charge in [0, 0.05) is 12.3 Å². The van der Waals surface area contributed by atoms with E-state index in [-0.39, 0.29) is 36.1 Å². The Hall–Kier alpha value is -1.64. The molecular weight excluding hydrogens is 264 g/mol. The fourth-order valence-corrected chi connectivity index (χ4v) is 4.87. The van der Waals surface area contributed by atoms with E-state index >= 15 is 0 Å². The number of ether oxygens (including phenoxy) is 1. The monoisotopic (exact) mass is 286 g/mol. The zero-order chi connectivity index (χ0) is 15.0. The summed E-state index contributed by atoms with van der Waals surface area (Å²) in [6.45, 7) is 7.45. The molecule has 3 aliphatic carbocycles. The summed E-state index contributed by atoms with van der Waals surface area (Å²) in [7, 11) is 0. The minimum Gasteiger partial charge on any atom is -0.461 e. The fraction of sp³-hybridized carbons (Fsp3) is 0.556. The van der Waals surface area contributed by atoms with Crippen molar-refractivity contribution < 1.29 is 14.3 Å². The lowest BCUT2D eigenvalue weighted by molar-refractivity contribution is -0.155. The second-order valence-electron chi connectivity index (χ2n) is 6.40. The van der Waals surface area contributed by atoms with Crippen LogP contribution in [0, 0.1) is 35.5 Å². The third-order valence-corrected chi connectivity index (χ3v) is 5.49. The van der Waals surface area contributed by atoms with Crippen molar-refractivity contribution >= 4 is 11.8 Å². The molecule has 2 bridgehead atoms. The number of esters is 1. The van der Waals surface area contributed by atoms with Crippen molar-refractivity contribution in [1.82, 2.24) is 0 Å². The van der Waals surface area contributed by atoms with Gasteiger partial charge < -0.3 is 4.74 Å². The molecule has 0 saturated heterocycles. The smallest absolute Gasteiger partial charge is 0.310 e. The average molecular weight is 286 g/mol. The first-order valence-corrected chi connectivity index (χ1v) is 7.76. The van der Waals surface area contributed by atoms with Crippen LogP contribution in [0.5, 0.6) is 0 Å². The molecular formula is C18H22O3. The van der Waals surface area contributed by atoms with Crippen LogP contribution < -0.4 is 0 Å². The molecule has 0 amide bonds. The lowest BCUT2D eigenvalue weighted by atomic mass is 9.67. The van der Waals surface area contributed by atoms with Crippen LogP contribution in [0.2, 0.25) is 0 Å². The highest BCUT2D eigenvalue weighted by Gasteiger charge is 2.61. The highest BCUT2D eigenvalue weighted by molar-refractivity contribution is 5.89. The quantitative estimate of drug-likeness (QED) is 0.557. The van der Waals surface area contributed by atoms with Gasteiger partial charge in [0.25, 0.3) is 0 Å². The molecule has 21 heavy (non-hydrogen) atoms. The highest BCUT2D eigenvalue weighted by atomic mass is 16.5. The second-order valence-corrected chi connectivity index (χ2v) is 6.40. The van der Waals surface area contributed by atoms with Gasteiger partial charge in [-0.15, -0.1) is 6.58 Å². The zero-order valence-corrected chi connectivity index (χ0v) is 12.2. The summed E-state index contributed by atoms with van der Waals surface area (Å²) in [4.78, 5) is 24.9. The van der Waals surface area contributed by atoms with E-state index in [9.17, 15) is 9.59 Å². The van der Waals surface area contributed by atoms with Gasteiger partial charge in [0.1, 0.15) is 12.4 Å². The van der Waals surface area contributed by atoms with E-state index in [1.807, 2.05) is 0 Å². The number of hydrogen-bond acceptors (Lipinski definition) is 3. The molecule has 0 radical (unpaired) electrons. The third kappa shape index (κ3) is 2.19. The van der Waals surface area contributed by atoms with Crippen molar-refractivity contribution in [2.24, 2.45) is 35.5 Å². The second kappa shape index (κ2) is 5.63. The Bertz CT molecular complexity index is 505. The standard InChI is InChI=1S/C18H22O3/c1-3-6-15(19)16-13-10-14(12-8-5-7-11(12)13)17(16)18(20)21-9-4-2/h3-5,8,11-14,16-17H,1-2,6-7,9-10H2. The Morgan fingerprint density at radius 3 is 2.67 bits per heavy atom. The summed E-state index contributed by atoms with van der Waals surface area (Å²) in [5.74, 6) is 1.12. The molecule has 0 aromatic rings. The van der Waals surface area contributed by atoms with Gasteiger partial charge in [-0.1, -0.05) is 30.9 Å². The van der Waals surface area contributed by atoms with Crippen LogP contribution in [0.3, 0.4) is 0 Å². The maximum absolute atomic E-state index is 12.5. The molecule has 2 saturated carbocycles. The lowest BCUT2D eigenvalue weighted by Gasteiger charge is -2.35. The van der Waals surface area contributed by atoms with E-state index < -0.39 is 0 Å². The van der Waals surface area contributed by atoms with Gasteiger partial charge in [0.2, 0.25) is 0 Å². The molecule has 112 valence electrons. The summed E-state index contributed by atoms with van der Waals surface area (Å²) in [5.41, 5.74) is 0. The Kier molecular flexibility index (Phi) is 3.83.